The van der Waals surface area contributed by atoms with Gasteiger partial charge in [0, 0.05) is 29.7 Å². The number of benzene rings is 2. The monoisotopic (exact) mass is 494 g/mol. The quantitative estimate of drug-likeness (QED) is 0.241. The minimum absolute atomic E-state index is 0.0116. The van der Waals surface area contributed by atoms with Gasteiger partial charge in [-0.1, -0.05) is 54.9 Å². The number of hydrogen-bond acceptors (Lipinski definition) is 7. The summed E-state index contributed by atoms with van der Waals surface area (Å²) in [5, 5.41) is 29.1. The molecule has 5 rings (SSSR count). The first kappa shape index (κ1) is 23.3. The summed E-state index contributed by atoms with van der Waals surface area (Å²) in [6.07, 6.45) is 7.57. The molecule has 0 aliphatic rings. The minimum atomic E-state index is -0.317. The number of rotatable bonds is 8. The van der Waals surface area contributed by atoms with Crippen LogP contribution in [-0.2, 0) is 0 Å². The largest absolute Gasteiger partial charge is 0.377 e. The predicted molar refractivity (Wildman–Crippen MR) is 141 cm³/mol. The molecule has 36 heavy (non-hydrogen) atoms. The third kappa shape index (κ3) is 4.69. The Labute approximate surface area is 213 Å². The zero-order chi connectivity index (χ0) is 24.9. The Balaban J connectivity index is 1.60. The molecule has 0 amide bonds. The van der Waals surface area contributed by atoms with Gasteiger partial charge < -0.3 is 10.6 Å². The van der Waals surface area contributed by atoms with Crippen LogP contribution in [0, 0.1) is 11.3 Å². The van der Waals surface area contributed by atoms with Crippen LogP contribution in [0.2, 0.25) is 5.02 Å². The highest BCUT2D eigenvalue weighted by atomic mass is 35.5. The molecule has 2 atom stereocenters. The number of H-pyrrole nitrogens is 1. The van der Waals surface area contributed by atoms with E-state index in [1.165, 1.54) is 0 Å². The fraction of sp³-hybridized carbons (Fsp3) is 0.148. The Morgan fingerprint density at radius 1 is 1.03 bits per heavy atom. The molecule has 1 unspecified atom stereocenters. The Hall–Kier alpha value is -4.48. The van der Waals surface area contributed by atoms with Crippen LogP contribution in [0.25, 0.3) is 10.9 Å². The van der Waals surface area contributed by atoms with Gasteiger partial charge in [0.15, 0.2) is 0 Å². The van der Waals surface area contributed by atoms with Crippen molar-refractivity contribution in [2.75, 3.05) is 10.6 Å². The van der Waals surface area contributed by atoms with Crippen molar-refractivity contribution in [3.8, 4) is 6.07 Å². The third-order valence-corrected chi connectivity index (χ3v) is 6.32. The zero-order valence-corrected chi connectivity index (χ0v) is 20.2. The van der Waals surface area contributed by atoms with Crippen molar-refractivity contribution in [2.45, 2.75) is 25.4 Å². The lowest BCUT2D eigenvalue weighted by molar-refractivity contribution is 0.750. The summed E-state index contributed by atoms with van der Waals surface area (Å²) in [4.78, 5) is 8.74. The van der Waals surface area contributed by atoms with E-state index in [4.69, 9.17) is 11.6 Å². The van der Waals surface area contributed by atoms with Crippen molar-refractivity contribution < 1.29 is 0 Å². The fourth-order valence-corrected chi connectivity index (χ4v) is 4.52. The second-order valence-electron chi connectivity index (χ2n) is 8.29. The van der Waals surface area contributed by atoms with Crippen LogP contribution in [0.1, 0.15) is 47.8 Å². The first-order valence-corrected chi connectivity index (χ1v) is 11.9. The third-order valence-electron chi connectivity index (χ3n) is 6.03. The molecule has 0 saturated heterocycles. The molecular weight excluding hydrogens is 472 g/mol. The highest BCUT2D eigenvalue weighted by molar-refractivity contribution is 6.35. The van der Waals surface area contributed by atoms with Crippen LogP contribution < -0.4 is 10.6 Å². The van der Waals surface area contributed by atoms with Gasteiger partial charge in [0.2, 0.25) is 0 Å². The minimum Gasteiger partial charge on any atom is -0.377 e. The second kappa shape index (κ2) is 10.4. The van der Waals surface area contributed by atoms with E-state index in [9.17, 15) is 5.26 Å². The van der Waals surface area contributed by atoms with Gasteiger partial charge in [-0.05, 0) is 35.7 Å². The number of aromatic amines is 1. The number of nitriles is 1. The summed E-state index contributed by atoms with van der Waals surface area (Å²) < 4.78 is 0. The number of anilines is 2. The Morgan fingerprint density at radius 3 is 2.56 bits per heavy atom. The van der Waals surface area contributed by atoms with Gasteiger partial charge in [-0.15, -0.1) is 0 Å². The lowest BCUT2D eigenvalue weighted by atomic mass is 10.0. The van der Waals surface area contributed by atoms with Gasteiger partial charge in [-0.2, -0.15) is 20.7 Å². The van der Waals surface area contributed by atoms with Crippen molar-refractivity contribution >= 4 is 33.9 Å². The lowest BCUT2D eigenvalue weighted by Crippen LogP contribution is -2.14. The Kier molecular flexibility index (Phi) is 6.74. The summed E-state index contributed by atoms with van der Waals surface area (Å²) in [7, 11) is 0. The molecular formula is C27H23ClN8. The van der Waals surface area contributed by atoms with E-state index in [1.54, 1.807) is 24.8 Å². The Bertz CT molecular complexity index is 1500. The maximum atomic E-state index is 9.89. The number of pyridine rings is 2. The molecule has 5 aromatic rings. The topological polar surface area (TPSA) is 115 Å². The van der Waals surface area contributed by atoms with Crippen LogP contribution >= 0.6 is 11.6 Å². The first-order valence-electron chi connectivity index (χ1n) is 11.5. The number of hydrogen-bond donors (Lipinski definition) is 3. The molecule has 0 aliphatic heterocycles. The van der Waals surface area contributed by atoms with Gasteiger partial charge in [0.1, 0.15) is 11.8 Å². The highest BCUT2D eigenvalue weighted by Gasteiger charge is 2.20. The SMILES string of the molecule is CC[C@@H](Nc1c(C#N)cnc2c(Cl)cc(NC(c3cccnc3)c3cn[nH]n3)cc12)c1ccccc1. The zero-order valence-electron chi connectivity index (χ0n) is 19.5. The molecule has 0 spiro atoms. The number of aromatic nitrogens is 5. The molecule has 2 aromatic carbocycles. The van der Waals surface area contributed by atoms with Crippen LogP contribution in [0.5, 0.6) is 0 Å². The highest BCUT2D eigenvalue weighted by Crippen LogP contribution is 2.37. The van der Waals surface area contributed by atoms with Crippen molar-refractivity contribution in [3.63, 3.8) is 0 Å². The summed E-state index contributed by atoms with van der Waals surface area (Å²) in [5.41, 5.74) is 5.27. The van der Waals surface area contributed by atoms with Crippen molar-refractivity contribution in [1.82, 2.24) is 25.4 Å². The van der Waals surface area contributed by atoms with Crippen molar-refractivity contribution in [3.05, 3.63) is 107 Å². The fourth-order valence-electron chi connectivity index (χ4n) is 4.25. The molecule has 0 bridgehead atoms. The van der Waals surface area contributed by atoms with Crippen molar-refractivity contribution in [1.29, 1.82) is 5.26 Å². The molecule has 0 aliphatic carbocycles. The molecule has 9 heteroatoms. The molecule has 0 fully saturated rings. The average Bonchev–Trinajstić information content (AvgIpc) is 3.46. The molecule has 3 N–H and O–H groups in total. The number of fused-ring (bicyclic) bond motifs is 1. The maximum absolute atomic E-state index is 9.89. The normalized spacial score (nSPS) is 12.6. The van der Waals surface area contributed by atoms with E-state index in [2.05, 4.69) is 61.1 Å². The van der Waals surface area contributed by atoms with E-state index in [0.29, 0.717) is 27.5 Å². The van der Waals surface area contributed by atoms with Crippen LogP contribution in [0.4, 0.5) is 11.4 Å². The second-order valence-corrected chi connectivity index (χ2v) is 8.69. The van der Waals surface area contributed by atoms with Crippen LogP contribution in [0.15, 0.2) is 79.4 Å². The first-order chi connectivity index (χ1) is 17.7. The van der Waals surface area contributed by atoms with E-state index in [0.717, 1.165) is 28.6 Å². The summed E-state index contributed by atoms with van der Waals surface area (Å²) in [5.74, 6) is 0. The average molecular weight is 495 g/mol. The van der Waals surface area contributed by atoms with Crippen LogP contribution in [-0.4, -0.2) is 25.4 Å². The Morgan fingerprint density at radius 2 is 1.86 bits per heavy atom. The van der Waals surface area contributed by atoms with E-state index >= 15 is 0 Å². The maximum Gasteiger partial charge on any atom is 0.109 e. The summed E-state index contributed by atoms with van der Waals surface area (Å²) in [6.45, 7) is 2.11. The lowest BCUT2D eigenvalue weighted by Gasteiger charge is -2.22. The number of nitrogens with zero attached hydrogens (tertiary/aromatic N) is 5. The molecule has 8 nitrogen and oxygen atoms in total. The molecule has 3 heterocycles. The molecule has 3 aromatic heterocycles. The number of nitrogens with one attached hydrogen (secondary N) is 3. The van der Waals surface area contributed by atoms with Crippen LogP contribution in [0.3, 0.4) is 0 Å². The van der Waals surface area contributed by atoms with Crippen molar-refractivity contribution in [2.24, 2.45) is 0 Å². The summed E-state index contributed by atoms with van der Waals surface area (Å²) >= 11 is 6.71. The van der Waals surface area contributed by atoms with E-state index < -0.39 is 0 Å². The molecule has 0 radical (unpaired) electrons. The van der Waals surface area contributed by atoms with Gasteiger partial charge >= 0.3 is 0 Å². The van der Waals surface area contributed by atoms with Gasteiger partial charge in [-0.3, -0.25) is 9.97 Å². The van der Waals surface area contributed by atoms with E-state index in [-0.39, 0.29) is 12.1 Å². The predicted octanol–water partition coefficient (Wildman–Crippen LogP) is 6.04. The van der Waals surface area contributed by atoms with E-state index in [1.807, 2.05) is 42.5 Å². The van der Waals surface area contributed by atoms with Gasteiger partial charge in [0.25, 0.3) is 0 Å². The molecule has 178 valence electrons. The standard InChI is InChI=1S/C27H23ClN8/c1-2-23(17-7-4-3-5-8-17)34-25-19(13-29)15-31-27-21(25)11-20(12-22(27)28)33-26(24-16-32-36-35-24)18-9-6-10-30-14-18/h3-12,14-16,23,26,33H,2H2,1H3,(H,31,34)(H,32,35,36)/t23-,26?/m1/s1. The van der Waals surface area contributed by atoms with Gasteiger partial charge in [0.05, 0.1) is 40.1 Å². The van der Waals surface area contributed by atoms with Gasteiger partial charge in [-0.25, -0.2) is 0 Å². The number of halogens is 1. The summed E-state index contributed by atoms with van der Waals surface area (Å²) in [6, 6.07) is 19.8. The molecule has 0 saturated carbocycles. The smallest absolute Gasteiger partial charge is 0.109 e.